The van der Waals surface area contributed by atoms with Gasteiger partial charge in [0.1, 0.15) is 5.75 Å². The van der Waals surface area contributed by atoms with Crippen LogP contribution in [0.15, 0.2) is 42.6 Å². The lowest BCUT2D eigenvalue weighted by molar-refractivity contribution is -0.139. The average molecular weight is 351 g/mol. The van der Waals surface area contributed by atoms with Crippen molar-refractivity contribution in [3.05, 3.63) is 48.2 Å². The van der Waals surface area contributed by atoms with E-state index in [1.54, 1.807) is 12.3 Å². The third-order valence-electron chi connectivity index (χ3n) is 4.45. The summed E-state index contributed by atoms with van der Waals surface area (Å²) in [5.74, 6) is -0.399. The second-order valence-electron chi connectivity index (χ2n) is 6.42. The molecule has 1 aromatic carbocycles. The van der Waals surface area contributed by atoms with E-state index in [4.69, 9.17) is 9.84 Å². The molecule has 0 aliphatic carbocycles. The van der Waals surface area contributed by atoms with Crippen molar-refractivity contribution in [3.63, 3.8) is 0 Å². The first-order valence-corrected chi connectivity index (χ1v) is 8.66. The van der Waals surface area contributed by atoms with Crippen LogP contribution >= 0.6 is 0 Å². The molecule has 0 spiro atoms. The van der Waals surface area contributed by atoms with Gasteiger partial charge in [0.25, 0.3) is 0 Å². The van der Waals surface area contributed by atoms with E-state index in [1.807, 2.05) is 30.3 Å². The first kappa shape index (κ1) is 17.9. The second kappa shape index (κ2) is 8.45. The molecule has 1 aliphatic heterocycles. The minimum atomic E-state index is -1.01. The molecule has 26 heavy (non-hydrogen) atoms. The van der Waals surface area contributed by atoms with Crippen LogP contribution in [0.25, 0.3) is 11.3 Å². The Balaban J connectivity index is 1.85. The number of hydrogen-bond acceptors (Lipinski definition) is 5. The van der Waals surface area contributed by atoms with Crippen LogP contribution in [0.1, 0.15) is 18.4 Å². The Kier molecular flexibility index (Phi) is 5.82. The Morgan fingerprint density at radius 2 is 2.27 bits per heavy atom. The molecule has 0 saturated carbocycles. The summed E-state index contributed by atoms with van der Waals surface area (Å²) in [7, 11) is 0. The predicted octanol–water partition coefficient (Wildman–Crippen LogP) is 2.95. The van der Waals surface area contributed by atoms with E-state index in [2.05, 4.69) is 16.0 Å². The fraction of sp³-hybridized carbons (Fsp3) is 0.350. The standard InChI is InChI=1S/C20H21N3O3/c21-11-15-4-3-9-23(12-15)13-17-10-16(18-5-1-2-8-22-18)6-7-19(17)26-14-20(24)25/h1-2,5-8,10,15H,3-4,9,12-14H2,(H,24,25). The molecule has 1 saturated heterocycles. The van der Waals surface area contributed by atoms with Crippen LogP contribution < -0.4 is 4.74 Å². The molecular weight excluding hydrogens is 330 g/mol. The van der Waals surface area contributed by atoms with Crippen LogP contribution in [0.2, 0.25) is 0 Å². The number of rotatable bonds is 6. The van der Waals surface area contributed by atoms with Gasteiger partial charge in [-0.05, 0) is 49.7 Å². The van der Waals surface area contributed by atoms with Gasteiger partial charge in [-0.1, -0.05) is 6.07 Å². The number of carboxylic acid groups (broad SMARTS) is 1. The van der Waals surface area contributed by atoms with Gasteiger partial charge in [-0.3, -0.25) is 9.88 Å². The largest absolute Gasteiger partial charge is 0.482 e. The molecule has 0 bridgehead atoms. The summed E-state index contributed by atoms with van der Waals surface area (Å²) in [6, 6.07) is 13.8. The summed E-state index contributed by atoms with van der Waals surface area (Å²) < 4.78 is 5.47. The van der Waals surface area contributed by atoms with E-state index in [9.17, 15) is 10.1 Å². The van der Waals surface area contributed by atoms with E-state index in [0.717, 1.165) is 42.8 Å². The van der Waals surface area contributed by atoms with Gasteiger partial charge in [0, 0.05) is 30.4 Å². The zero-order valence-electron chi connectivity index (χ0n) is 14.5. The summed E-state index contributed by atoms with van der Waals surface area (Å²) >= 11 is 0. The van der Waals surface area contributed by atoms with E-state index in [-0.39, 0.29) is 12.5 Å². The first-order valence-electron chi connectivity index (χ1n) is 8.66. The Morgan fingerprint density at radius 1 is 1.38 bits per heavy atom. The topological polar surface area (TPSA) is 86.5 Å². The molecule has 1 N–H and O–H groups in total. The highest BCUT2D eigenvalue weighted by molar-refractivity contribution is 5.69. The zero-order valence-corrected chi connectivity index (χ0v) is 14.5. The molecule has 6 nitrogen and oxygen atoms in total. The van der Waals surface area contributed by atoms with Crippen LogP contribution in [0.4, 0.5) is 0 Å². The smallest absolute Gasteiger partial charge is 0.341 e. The molecule has 1 aromatic heterocycles. The Bertz CT molecular complexity index is 802. The van der Waals surface area contributed by atoms with Crippen molar-refractivity contribution < 1.29 is 14.6 Å². The normalized spacial score (nSPS) is 17.4. The maximum atomic E-state index is 10.9. The Hall–Kier alpha value is -2.91. The van der Waals surface area contributed by atoms with Crippen LogP contribution in [0, 0.1) is 17.2 Å². The number of nitrogens with zero attached hydrogens (tertiary/aromatic N) is 3. The third-order valence-corrected chi connectivity index (χ3v) is 4.45. The van der Waals surface area contributed by atoms with Crippen molar-refractivity contribution in [3.8, 4) is 23.1 Å². The number of aliphatic carboxylic acids is 1. The SMILES string of the molecule is N#CC1CCCN(Cc2cc(-c3ccccn3)ccc2OCC(=O)O)C1. The Morgan fingerprint density at radius 3 is 3.00 bits per heavy atom. The van der Waals surface area contributed by atoms with Crippen molar-refractivity contribution in [2.24, 2.45) is 5.92 Å². The van der Waals surface area contributed by atoms with Gasteiger partial charge in [-0.15, -0.1) is 0 Å². The monoisotopic (exact) mass is 351 g/mol. The number of hydrogen-bond donors (Lipinski definition) is 1. The lowest BCUT2D eigenvalue weighted by Gasteiger charge is -2.30. The molecule has 1 fully saturated rings. The number of pyridine rings is 1. The molecular formula is C20H21N3O3. The highest BCUT2D eigenvalue weighted by atomic mass is 16.5. The van der Waals surface area contributed by atoms with E-state index in [0.29, 0.717) is 12.3 Å². The van der Waals surface area contributed by atoms with Crippen molar-refractivity contribution in [2.45, 2.75) is 19.4 Å². The highest BCUT2D eigenvalue weighted by Crippen LogP contribution is 2.28. The molecule has 2 heterocycles. The fourth-order valence-corrected chi connectivity index (χ4v) is 3.22. The summed E-state index contributed by atoms with van der Waals surface area (Å²) in [5, 5.41) is 18.1. The number of carboxylic acids is 1. The van der Waals surface area contributed by atoms with Gasteiger partial charge >= 0.3 is 5.97 Å². The summed E-state index contributed by atoms with van der Waals surface area (Å²) in [6.45, 7) is 1.89. The van der Waals surface area contributed by atoms with Crippen LogP contribution in [-0.2, 0) is 11.3 Å². The quantitative estimate of drug-likeness (QED) is 0.861. The minimum absolute atomic E-state index is 0.0473. The molecule has 0 radical (unpaired) electrons. The number of benzene rings is 1. The lowest BCUT2D eigenvalue weighted by Crippen LogP contribution is -2.34. The van der Waals surface area contributed by atoms with E-state index in [1.165, 1.54) is 0 Å². The fourth-order valence-electron chi connectivity index (χ4n) is 3.22. The van der Waals surface area contributed by atoms with Crippen LogP contribution in [-0.4, -0.2) is 40.7 Å². The molecule has 1 aliphatic rings. The molecule has 134 valence electrons. The van der Waals surface area contributed by atoms with Gasteiger partial charge in [-0.2, -0.15) is 5.26 Å². The second-order valence-corrected chi connectivity index (χ2v) is 6.42. The molecule has 2 aromatic rings. The number of carbonyl (C=O) groups is 1. The summed E-state index contributed by atoms with van der Waals surface area (Å²) in [4.78, 5) is 17.5. The number of ether oxygens (including phenoxy) is 1. The zero-order chi connectivity index (χ0) is 18.4. The van der Waals surface area contributed by atoms with Crippen molar-refractivity contribution in [1.82, 2.24) is 9.88 Å². The van der Waals surface area contributed by atoms with Gasteiger partial charge in [0.15, 0.2) is 6.61 Å². The van der Waals surface area contributed by atoms with E-state index < -0.39 is 5.97 Å². The van der Waals surface area contributed by atoms with Gasteiger partial charge in [-0.25, -0.2) is 4.79 Å². The summed E-state index contributed by atoms with van der Waals surface area (Å²) in [5.41, 5.74) is 2.72. The lowest BCUT2D eigenvalue weighted by atomic mass is 9.98. The molecule has 3 rings (SSSR count). The van der Waals surface area contributed by atoms with Crippen LogP contribution in [0.5, 0.6) is 5.75 Å². The molecule has 1 unspecified atom stereocenters. The first-order chi connectivity index (χ1) is 12.7. The highest BCUT2D eigenvalue weighted by Gasteiger charge is 2.21. The van der Waals surface area contributed by atoms with Crippen molar-refractivity contribution in [1.29, 1.82) is 5.26 Å². The molecule has 0 amide bonds. The van der Waals surface area contributed by atoms with Crippen molar-refractivity contribution in [2.75, 3.05) is 19.7 Å². The number of piperidine rings is 1. The van der Waals surface area contributed by atoms with Gasteiger partial charge < -0.3 is 9.84 Å². The number of aromatic nitrogens is 1. The maximum absolute atomic E-state index is 10.9. The van der Waals surface area contributed by atoms with Crippen molar-refractivity contribution >= 4 is 5.97 Å². The van der Waals surface area contributed by atoms with Crippen LogP contribution in [0.3, 0.4) is 0 Å². The maximum Gasteiger partial charge on any atom is 0.341 e. The number of likely N-dealkylation sites (tertiary alicyclic amines) is 1. The molecule has 1 atom stereocenters. The number of nitriles is 1. The van der Waals surface area contributed by atoms with E-state index >= 15 is 0 Å². The summed E-state index contributed by atoms with van der Waals surface area (Å²) in [6.07, 6.45) is 3.67. The molecule has 6 heteroatoms. The third kappa shape index (κ3) is 4.58. The predicted molar refractivity (Wildman–Crippen MR) is 96.4 cm³/mol. The van der Waals surface area contributed by atoms with Gasteiger partial charge in [0.05, 0.1) is 17.7 Å². The van der Waals surface area contributed by atoms with Gasteiger partial charge in [0.2, 0.25) is 0 Å². The average Bonchev–Trinajstić information content (AvgIpc) is 2.67. The Labute approximate surface area is 152 Å². The minimum Gasteiger partial charge on any atom is -0.482 e.